The summed E-state index contributed by atoms with van der Waals surface area (Å²) in [7, 11) is 1.59. The number of aromatic nitrogens is 2. The van der Waals surface area contributed by atoms with Crippen LogP contribution in [0.15, 0.2) is 60.9 Å². The van der Waals surface area contributed by atoms with E-state index in [1.807, 2.05) is 25.3 Å². The molecular formula is C20H21N3O3. The first-order valence-corrected chi connectivity index (χ1v) is 8.29. The molecule has 3 rings (SSSR count). The van der Waals surface area contributed by atoms with Crippen LogP contribution in [0.25, 0.3) is 5.69 Å². The third kappa shape index (κ3) is 4.10. The zero-order chi connectivity index (χ0) is 18.5. The quantitative estimate of drug-likeness (QED) is 0.716. The van der Waals surface area contributed by atoms with Crippen molar-refractivity contribution in [3.8, 4) is 11.4 Å². The molecule has 1 unspecified atom stereocenters. The van der Waals surface area contributed by atoms with E-state index in [1.54, 1.807) is 54.4 Å². The number of aliphatic hydroxyl groups excluding tert-OH is 1. The molecule has 2 aromatic carbocycles. The minimum absolute atomic E-state index is 0.130. The van der Waals surface area contributed by atoms with Gasteiger partial charge in [-0.15, -0.1) is 0 Å². The van der Waals surface area contributed by atoms with Crippen molar-refractivity contribution in [1.82, 2.24) is 15.1 Å². The summed E-state index contributed by atoms with van der Waals surface area (Å²) in [6.07, 6.45) is 2.91. The summed E-state index contributed by atoms with van der Waals surface area (Å²) in [4.78, 5) is 12.3. The molecule has 3 aromatic rings. The van der Waals surface area contributed by atoms with Crippen molar-refractivity contribution in [1.29, 1.82) is 0 Å². The number of carbonyl (C=O) groups excluding carboxylic acids is 1. The molecule has 134 valence electrons. The van der Waals surface area contributed by atoms with Crippen molar-refractivity contribution in [2.75, 3.05) is 13.7 Å². The summed E-state index contributed by atoms with van der Waals surface area (Å²) < 4.78 is 6.84. The highest BCUT2D eigenvalue weighted by Crippen LogP contribution is 2.17. The molecule has 6 heteroatoms. The Morgan fingerprint density at radius 3 is 2.46 bits per heavy atom. The van der Waals surface area contributed by atoms with Crippen molar-refractivity contribution >= 4 is 5.91 Å². The number of benzene rings is 2. The number of carbonyl (C=O) groups is 1. The SMILES string of the molecule is COc1ccc(C(O)CNC(=O)c2ccc(-n3cc(C)cn3)cc2)cc1. The summed E-state index contributed by atoms with van der Waals surface area (Å²) in [6, 6.07) is 14.2. The van der Waals surface area contributed by atoms with Crippen LogP contribution in [-0.2, 0) is 0 Å². The average Bonchev–Trinajstić information content (AvgIpc) is 3.12. The van der Waals surface area contributed by atoms with Gasteiger partial charge in [-0.3, -0.25) is 4.79 Å². The van der Waals surface area contributed by atoms with Crippen LogP contribution in [0.5, 0.6) is 5.75 Å². The number of hydrogen-bond acceptors (Lipinski definition) is 4. The van der Waals surface area contributed by atoms with Gasteiger partial charge < -0.3 is 15.2 Å². The van der Waals surface area contributed by atoms with Gasteiger partial charge in [-0.2, -0.15) is 5.10 Å². The van der Waals surface area contributed by atoms with Gasteiger partial charge in [0.15, 0.2) is 0 Å². The fourth-order valence-corrected chi connectivity index (χ4v) is 2.55. The van der Waals surface area contributed by atoms with Gasteiger partial charge in [0.05, 0.1) is 25.1 Å². The Morgan fingerprint density at radius 1 is 1.19 bits per heavy atom. The lowest BCUT2D eigenvalue weighted by Crippen LogP contribution is -2.28. The van der Waals surface area contributed by atoms with Gasteiger partial charge >= 0.3 is 0 Å². The minimum atomic E-state index is -0.781. The Kier molecular flexibility index (Phi) is 5.34. The Morgan fingerprint density at radius 2 is 1.88 bits per heavy atom. The van der Waals surface area contributed by atoms with Gasteiger partial charge in [-0.25, -0.2) is 4.68 Å². The van der Waals surface area contributed by atoms with Crippen molar-refractivity contribution in [2.45, 2.75) is 13.0 Å². The van der Waals surface area contributed by atoms with E-state index < -0.39 is 6.10 Å². The average molecular weight is 351 g/mol. The van der Waals surface area contributed by atoms with Gasteiger partial charge in [-0.05, 0) is 54.4 Å². The Hall–Kier alpha value is -3.12. The molecular weight excluding hydrogens is 330 g/mol. The molecule has 0 aliphatic rings. The zero-order valence-corrected chi connectivity index (χ0v) is 14.7. The highest BCUT2D eigenvalue weighted by atomic mass is 16.5. The van der Waals surface area contributed by atoms with Crippen LogP contribution in [0, 0.1) is 6.92 Å². The van der Waals surface area contributed by atoms with Gasteiger partial charge in [-0.1, -0.05) is 12.1 Å². The second-order valence-corrected chi connectivity index (χ2v) is 6.01. The van der Waals surface area contributed by atoms with Crippen LogP contribution in [0.2, 0.25) is 0 Å². The lowest BCUT2D eigenvalue weighted by Gasteiger charge is -2.13. The van der Waals surface area contributed by atoms with Gasteiger partial charge in [0.2, 0.25) is 0 Å². The van der Waals surface area contributed by atoms with Gasteiger partial charge in [0.1, 0.15) is 5.75 Å². The third-order valence-corrected chi connectivity index (χ3v) is 4.06. The second-order valence-electron chi connectivity index (χ2n) is 6.01. The van der Waals surface area contributed by atoms with Crippen LogP contribution in [0.4, 0.5) is 0 Å². The third-order valence-electron chi connectivity index (χ3n) is 4.06. The maximum Gasteiger partial charge on any atom is 0.251 e. The first-order chi connectivity index (χ1) is 12.6. The van der Waals surface area contributed by atoms with Crippen molar-refractivity contribution in [3.63, 3.8) is 0 Å². The molecule has 6 nitrogen and oxygen atoms in total. The monoisotopic (exact) mass is 351 g/mol. The van der Waals surface area contributed by atoms with E-state index in [2.05, 4.69) is 10.4 Å². The predicted octanol–water partition coefficient (Wildman–Crippen LogP) is 2.65. The van der Waals surface area contributed by atoms with Crippen molar-refractivity contribution < 1.29 is 14.6 Å². The molecule has 1 heterocycles. The molecule has 0 bridgehead atoms. The van der Waals surface area contributed by atoms with Crippen molar-refractivity contribution in [2.24, 2.45) is 0 Å². The topological polar surface area (TPSA) is 76.4 Å². The molecule has 0 saturated heterocycles. The number of ether oxygens (including phenoxy) is 1. The summed E-state index contributed by atoms with van der Waals surface area (Å²) in [5, 5.41) is 17.2. The van der Waals surface area contributed by atoms with E-state index in [4.69, 9.17) is 4.74 Å². The normalized spacial score (nSPS) is 11.8. The lowest BCUT2D eigenvalue weighted by atomic mass is 10.1. The van der Waals surface area contributed by atoms with E-state index >= 15 is 0 Å². The number of rotatable bonds is 6. The summed E-state index contributed by atoms with van der Waals surface area (Å²) in [5.41, 5.74) is 3.20. The lowest BCUT2D eigenvalue weighted by molar-refractivity contribution is 0.0916. The Balaban J connectivity index is 1.58. The molecule has 0 saturated carbocycles. The van der Waals surface area contributed by atoms with E-state index in [-0.39, 0.29) is 12.5 Å². The van der Waals surface area contributed by atoms with Gasteiger partial charge in [0.25, 0.3) is 5.91 Å². The largest absolute Gasteiger partial charge is 0.497 e. The zero-order valence-electron chi connectivity index (χ0n) is 14.7. The second kappa shape index (κ2) is 7.84. The van der Waals surface area contributed by atoms with Crippen LogP contribution >= 0.6 is 0 Å². The summed E-state index contributed by atoms with van der Waals surface area (Å²) in [6.45, 7) is 2.10. The maximum atomic E-state index is 12.3. The van der Waals surface area contributed by atoms with E-state index in [0.29, 0.717) is 5.56 Å². The molecule has 0 spiro atoms. The number of hydrogen-bond donors (Lipinski definition) is 2. The van der Waals surface area contributed by atoms with Crippen molar-refractivity contribution in [3.05, 3.63) is 77.6 Å². The summed E-state index contributed by atoms with van der Waals surface area (Å²) >= 11 is 0. The number of nitrogens with one attached hydrogen (secondary N) is 1. The first-order valence-electron chi connectivity index (χ1n) is 8.29. The number of aryl methyl sites for hydroxylation is 1. The van der Waals surface area contributed by atoms with Crippen LogP contribution < -0.4 is 10.1 Å². The Labute approximate surface area is 152 Å². The molecule has 0 fully saturated rings. The predicted molar refractivity (Wildman–Crippen MR) is 98.6 cm³/mol. The van der Waals surface area contributed by atoms with Crippen LogP contribution in [-0.4, -0.2) is 34.4 Å². The number of nitrogens with zero attached hydrogens (tertiary/aromatic N) is 2. The molecule has 0 aliphatic heterocycles. The number of amides is 1. The summed E-state index contributed by atoms with van der Waals surface area (Å²) in [5.74, 6) is 0.484. The standard InChI is InChI=1S/C20H21N3O3/c1-14-11-22-23(13-14)17-7-3-16(4-8-17)20(25)21-12-19(24)15-5-9-18(26-2)10-6-15/h3-11,13,19,24H,12H2,1-2H3,(H,21,25). The maximum absolute atomic E-state index is 12.3. The molecule has 1 amide bonds. The van der Waals surface area contributed by atoms with E-state index in [9.17, 15) is 9.90 Å². The highest BCUT2D eigenvalue weighted by Gasteiger charge is 2.11. The molecule has 1 aromatic heterocycles. The smallest absolute Gasteiger partial charge is 0.251 e. The van der Waals surface area contributed by atoms with Crippen LogP contribution in [0.1, 0.15) is 27.6 Å². The van der Waals surface area contributed by atoms with Gasteiger partial charge in [0, 0.05) is 18.3 Å². The fourth-order valence-electron chi connectivity index (χ4n) is 2.55. The Bertz CT molecular complexity index is 870. The number of methoxy groups -OCH3 is 1. The molecule has 26 heavy (non-hydrogen) atoms. The first kappa shape index (κ1) is 17.7. The minimum Gasteiger partial charge on any atom is -0.497 e. The number of aliphatic hydroxyl groups is 1. The fraction of sp³-hybridized carbons (Fsp3) is 0.200. The molecule has 1 atom stereocenters. The molecule has 0 radical (unpaired) electrons. The molecule has 2 N–H and O–H groups in total. The van der Waals surface area contributed by atoms with E-state index in [1.165, 1.54) is 0 Å². The van der Waals surface area contributed by atoms with Crippen LogP contribution in [0.3, 0.4) is 0 Å². The molecule has 0 aliphatic carbocycles. The highest BCUT2D eigenvalue weighted by molar-refractivity contribution is 5.94. The van der Waals surface area contributed by atoms with E-state index in [0.717, 1.165) is 22.6 Å².